The van der Waals surface area contributed by atoms with Crippen LogP contribution in [-0.2, 0) is 0 Å². The molecule has 1 aromatic heterocycles. The van der Waals surface area contributed by atoms with E-state index in [1.807, 2.05) is 24.3 Å². The number of fused-ring (bicyclic) bond motifs is 1. The van der Waals surface area contributed by atoms with Gasteiger partial charge >= 0.3 is 0 Å². The number of benzene rings is 2. The summed E-state index contributed by atoms with van der Waals surface area (Å²) in [7, 11) is 0. The first-order valence-electron chi connectivity index (χ1n) is 6.33. The Morgan fingerprint density at radius 1 is 1.10 bits per heavy atom. The normalized spacial score (nSPS) is 10.7. The first-order valence-corrected chi connectivity index (χ1v) is 6.33. The number of Topliss-reactive ketones (excluding diaryl/α,β-unsaturated/α-hetero) is 1. The van der Waals surface area contributed by atoms with Crippen LogP contribution >= 0.6 is 0 Å². The number of nitrogens with one attached hydrogen (secondary N) is 2. The number of rotatable bonds is 4. The zero-order chi connectivity index (χ0) is 13.9. The molecule has 4 heteroatoms. The topological polar surface area (TPSA) is 44.9 Å². The van der Waals surface area contributed by atoms with Gasteiger partial charge in [-0.1, -0.05) is 30.3 Å². The number of aromatic amines is 1. The summed E-state index contributed by atoms with van der Waals surface area (Å²) >= 11 is 0. The number of hydrogen-bond acceptors (Lipinski definition) is 2. The predicted octanol–water partition coefficient (Wildman–Crippen LogP) is 3.60. The summed E-state index contributed by atoms with van der Waals surface area (Å²) < 4.78 is 13.5. The molecule has 20 heavy (non-hydrogen) atoms. The summed E-state index contributed by atoms with van der Waals surface area (Å²) in [5.74, 6) is -0.440. The highest BCUT2D eigenvalue weighted by atomic mass is 19.1. The largest absolute Gasteiger partial charge is 0.375 e. The summed E-state index contributed by atoms with van der Waals surface area (Å²) in [5.41, 5.74) is 1.87. The second kappa shape index (κ2) is 5.17. The molecule has 0 bridgehead atoms. The van der Waals surface area contributed by atoms with Gasteiger partial charge in [0.2, 0.25) is 0 Å². The van der Waals surface area contributed by atoms with E-state index in [0.29, 0.717) is 11.3 Å². The van der Waals surface area contributed by atoms with Gasteiger partial charge in [-0.15, -0.1) is 0 Å². The average Bonchev–Trinajstić information content (AvgIpc) is 2.90. The van der Waals surface area contributed by atoms with E-state index in [0.717, 1.165) is 10.9 Å². The lowest BCUT2D eigenvalue weighted by atomic mass is 10.1. The molecule has 2 N–H and O–H groups in total. The van der Waals surface area contributed by atoms with Gasteiger partial charge in [0, 0.05) is 22.7 Å². The van der Waals surface area contributed by atoms with Crippen LogP contribution in [0.15, 0.2) is 54.7 Å². The van der Waals surface area contributed by atoms with Crippen molar-refractivity contribution in [1.29, 1.82) is 0 Å². The molecule has 100 valence electrons. The molecule has 0 unspecified atom stereocenters. The molecule has 3 rings (SSSR count). The highest BCUT2D eigenvalue weighted by Crippen LogP contribution is 2.19. The van der Waals surface area contributed by atoms with Crippen molar-refractivity contribution in [3.63, 3.8) is 0 Å². The van der Waals surface area contributed by atoms with E-state index in [-0.39, 0.29) is 18.1 Å². The zero-order valence-corrected chi connectivity index (χ0v) is 10.7. The van der Waals surface area contributed by atoms with Crippen LogP contribution in [0.1, 0.15) is 10.4 Å². The number of aromatic nitrogens is 1. The number of carbonyl (C=O) groups is 1. The van der Waals surface area contributed by atoms with Gasteiger partial charge in [0.25, 0.3) is 0 Å². The molecule has 3 nitrogen and oxygen atoms in total. The third-order valence-corrected chi connectivity index (χ3v) is 3.20. The fourth-order valence-electron chi connectivity index (χ4n) is 2.18. The lowest BCUT2D eigenvalue weighted by molar-refractivity contribution is 0.101. The molecular formula is C16H13FN2O. The Bertz CT molecular complexity index is 764. The van der Waals surface area contributed by atoms with E-state index < -0.39 is 0 Å². The van der Waals surface area contributed by atoms with Crippen molar-refractivity contribution >= 4 is 22.4 Å². The summed E-state index contributed by atoms with van der Waals surface area (Å²) in [5, 5.41) is 3.71. The molecule has 0 fully saturated rings. The lowest BCUT2D eigenvalue weighted by Gasteiger charge is -2.06. The van der Waals surface area contributed by atoms with Crippen molar-refractivity contribution in [2.75, 3.05) is 11.9 Å². The van der Waals surface area contributed by atoms with Crippen LogP contribution in [-0.4, -0.2) is 17.3 Å². The molecule has 0 atom stereocenters. The molecule has 2 aromatic carbocycles. The van der Waals surface area contributed by atoms with Crippen LogP contribution in [0.25, 0.3) is 10.9 Å². The molecule has 0 amide bonds. The zero-order valence-electron chi connectivity index (χ0n) is 10.7. The number of halogens is 1. The van der Waals surface area contributed by atoms with Crippen LogP contribution in [0.4, 0.5) is 10.1 Å². The minimum atomic E-state index is -0.362. The second-order valence-corrected chi connectivity index (χ2v) is 4.50. The number of hydrogen-bond donors (Lipinski definition) is 2. The Labute approximate surface area is 115 Å². The van der Waals surface area contributed by atoms with Gasteiger partial charge in [0.1, 0.15) is 5.82 Å². The van der Waals surface area contributed by atoms with E-state index in [1.165, 1.54) is 6.07 Å². The van der Waals surface area contributed by atoms with Gasteiger partial charge in [-0.3, -0.25) is 4.79 Å². The third-order valence-electron chi connectivity index (χ3n) is 3.20. The summed E-state index contributed by atoms with van der Waals surface area (Å²) in [4.78, 5) is 15.3. The van der Waals surface area contributed by atoms with Crippen LogP contribution in [0.5, 0.6) is 0 Å². The maximum atomic E-state index is 13.5. The van der Waals surface area contributed by atoms with Crippen molar-refractivity contribution in [2.45, 2.75) is 0 Å². The monoisotopic (exact) mass is 268 g/mol. The van der Waals surface area contributed by atoms with Gasteiger partial charge in [-0.2, -0.15) is 0 Å². The molecule has 0 aliphatic heterocycles. The summed E-state index contributed by atoms with van der Waals surface area (Å²) in [6.07, 6.45) is 1.69. The van der Waals surface area contributed by atoms with Crippen molar-refractivity contribution < 1.29 is 9.18 Å². The average molecular weight is 268 g/mol. The van der Waals surface area contributed by atoms with E-state index >= 15 is 0 Å². The van der Waals surface area contributed by atoms with Crippen LogP contribution in [0.3, 0.4) is 0 Å². The molecule has 1 heterocycles. The fourth-order valence-corrected chi connectivity index (χ4v) is 2.18. The van der Waals surface area contributed by atoms with E-state index in [2.05, 4.69) is 10.3 Å². The second-order valence-electron chi connectivity index (χ2n) is 4.50. The highest BCUT2D eigenvalue weighted by molar-refractivity contribution is 6.09. The Morgan fingerprint density at radius 2 is 1.85 bits per heavy atom. The van der Waals surface area contributed by atoms with Gasteiger partial charge in [0.15, 0.2) is 5.78 Å². The predicted molar refractivity (Wildman–Crippen MR) is 77.5 cm³/mol. The maximum absolute atomic E-state index is 13.5. The number of H-pyrrole nitrogens is 1. The smallest absolute Gasteiger partial charge is 0.183 e. The van der Waals surface area contributed by atoms with Crippen molar-refractivity contribution in [3.05, 3.63) is 66.1 Å². The quantitative estimate of drug-likeness (QED) is 0.710. The Balaban J connectivity index is 1.79. The van der Waals surface area contributed by atoms with E-state index in [9.17, 15) is 9.18 Å². The molecule has 0 radical (unpaired) electrons. The molecule has 0 saturated carbocycles. The molecule has 0 aliphatic carbocycles. The first-order chi connectivity index (χ1) is 9.75. The Morgan fingerprint density at radius 3 is 2.70 bits per heavy atom. The minimum absolute atomic E-state index is 0.0583. The van der Waals surface area contributed by atoms with Gasteiger partial charge < -0.3 is 10.3 Å². The number of para-hydroxylation sites is 2. The standard InChI is InChI=1S/C16H13FN2O/c17-13-6-2-4-8-15(13)19-10-16(20)12-9-18-14-7-3-1-5-11(12)14/h1-9,18-19H,10H2. The Hall–Kier alpha value is -2.62. The van der Waals surface area contributed by atoms with E-state index in [4.69, 9.17) is 0 Å². The Kier molecular flexibility index (Phi) is 3.21. The van der Waals surface area contributed by atoms with Gasteiger partial charge in [-0.25, -0.2) is 4.39 Å². The van der Waals surface area contributed by atoms with E-state index in [1.54, 1.807) is 24.4 Å². The lowest BCUT2D eigenvalue weighted by Crippen LogP contribution is -2.14. The van der Waals surface area contributed by atoms with Gasteiger partial charge in [0.05, 0.1) is 12.2 Å². The molecule has 0 aliphatic rings. The molecular weight excluding hydrogens is 255 g/mol. The van der Waals surface area contributed by atoms with Crippen molar-refractivity contribution in [1.82, 2.24) is 4.98 Å². The first kappa shape index (κ1) is 12.4. The molecule has 3 aromatic rings. The summed E-state index contributed by atoms with van der Waals surface area (Å²) in [6.45, 7) is 0.0583. The van der Waals surface area contributed by atoms with Crippen LogP contribution in [0.2, 0.25) is 0 Å². The molecule has 0 spiro atoms. The van der Waals surface area contributed by atoms with Crippen molar-refractivity contribution in [3.8, 4) is 0 Å². The fraction of sp³-hybridized carbons (Fsp3) is 0.0625. The number of ketones is 1. The van der Waals surface area contributed by atoms with Crippen LogP contribution < -0.4 is 5.32 Å². The van der Waals surface area contributed by atoms with Crippen molar-refractivity contribution in [2.24, 2.45) is 0 Å². The third kappa shape index (κ3) is 2.28. The van der Waals surface area contributed by atoms with Crippen LogP contribution in [0, 0.1) is 5.82 Å². The number of carbonyl (C=O) groups excluding carboxylic acids is 1. The highest BCUT2D eigenvalue weighted by Gasteiger charge is 2.12. The molecule has 0 saturated heterocycles. The number of anilines is 1. The van der Waals surface area contributed by atoms with Gasteiger partial charge in [-0.05, 0) is 18.2 Å². The maximum Gasteiger partial charge on any atom is 0.183 e. The summed E-state index contributed by atoms with van der Waals surface area (Å²) in [6, 6.07) is 13.9. The minimum Gasteiger partial charge on any atom is -0.375 e. The SMILES string of the molecule is O=C(CNc1ccccc1F)c1c[nH]c2ccccc12.